The standard InChI is InChI=1S/C21H22N2O5/c22-12-13-11-16(28-10-7-23-5-8-27-9-6-23)17-18(19(13)24)21(26)15-4-2-1-3-14(15)20(17)25/h1-4,11,24H,5-10,12,22H2. The van der Waals surface area contributed by atoms with Gasteiger partial charge in [0.2, 0.25) is 0 Å². The lowest BCUT2D eigenvalue weighted by molar-refractivity contribution is 0.0322. The normalized spacial score (nSPS) is 16.6. The van der Waals surface area contributed by atoms with E-state index in [1.807, 2.05) is 0 Å². The maximum atomic E-state index is 13.1. The quantitative estimate of drug-likeness (QED) is 0.686. The predicted octanol–water partition coefficient (Wildman–Crippen LogP) is 1.34. The zero-order valence-corrected chi connectivity index (χ0v) is 15.4. The van der Waals surface area contributed by atoms with E-state index >= 15 is 0 Å². The fourth-order valence-electron chi connectivity index (χ4n) is 3.67. The van der Waals surface area contributed by atoms with Crippen molar-refractivity contribution in [2.75, 3.05) is 39.5 Å². The summed E-state index contributed by atoms with van der Waals surface area (Å²) in [6, 6.07) is 8.17. The van der Waals surface area contributed by atoms with Crippen LogP contribution in [0.25, 0.3) is 0 Å². The van der Waals surface area contributed by atoms with Crippen LogP contribution in [0.2, 0.25) is 0 Å². The Labute approximate surface area is 162 Å². The number of hydrogen-bond acceptors (Lipinski definition) is 7. The zero-order chi connectivity index (χ0) is 19.7. The molecule has 28 heavy (non-hydrogen) atoms. The highest BCUT2D eigenvalue weighted by Gasteiger charge is 2.35. The third-order valence-electron chi connectivity index (χ3n) is 5.20. The van der Waals surface area contributed by atoms with E-state index in [1.54, 1.807) is 30.3 Å². The molecule has 0 atom stereocenters. The molecule has 0 bridgehead atoms. The van der Waals surface area contributed by atoms with Crippen LogP contribution >= 0.6 is 0 Å². The minimum Gasteiger partial charge on any atom is -0.507 e. The number of benzene rings is 2. The Morgan fingerprint density at radius 2 is 1.71 bits per heavy atom. The van der Waals surface area contributed by atoms with Gasteiger partial charge in [-0.3, -0.25) is 14.5 Å². The second-order valence-corrected chi connectivity index (χ2v) is 6.84. The largest absolute Gasteiger partial charge is 0.507 e. The van der Waals surface area contributed by atoms with Gasteiger partial charge < -0.3 is 20.3 Å². The van der Waals surface area contributed by atoms with Crippen LogP contribution in [0.15, 0.2) is 30.3 Å². The number of ketones is 2. The molecule has 146 valence electrons. The first-order valence-corrected chi connectivity index (χ1v) is 9.32. The molecule has 3 N–H and O–H groups in total. The molecule has 0 spiro atoms. The number of morpholine rings is 1. The molecule has 1 aliphatic heterocycles. The monoisotopic (exact) mass is 382 g/mol. The van der Waals surface area contributed by atoms with Gasteiger partial charge in [-0.1, -0.05) is 24.3 Å². The first kappa shape index (κ1) is 18.6. The molecular formula is C21H22N2O5. The minimum atomic E-state index is -0.393. The molecule has 1 fully saturated rings. The minimum absolute atomic E-state index is 0.0203. The number of hydrogen-bond donors (Lipinski definition) is 2. The summed E-state index contributed by atoms with van der Waals surface area (Å²) < 4.78 is 11.3. The predicted molar refractivity (Wildman–Crippen MR) is 102 cm³/mol. The summed E-state index contributed by atoms with van der Waals surface area (Å²) in [7, 11) is 0. The highest BCUT2D eigenvalue weighted by Crippen LogP contribution is 2.40. The third kappa shape index (κ3) is 3.17. The number of nitrogens with two attached hydrogens (primary N) is 1. The van der Waals surface area contributed by atoms with Gasteiger partial charge >= 0.3 is 0 Å². The highest BCUT2D eigenvalue weighted by atomic mass is 16.5. The molecular weight excluding hydrogens is 360 g/mol. The topological polar surface area (TPSA) is 102 Å². The number of nitrogens with zero attached hydrogens (tertiary/aromatic N) is 1. The summed E-state index contributed by atoms with van der Waals surface area (Å²) in [4.78, 5) is 28.3. The second-order valence-electron chi connectivity index (χ2n) is 6.84. The molecule has 1 heterocycles. The first-order valence-electron chi connectivity index (χ1n) is 9.32. The van der Waals surface area contributed by atoms with Gasteiger partial charge in [0.05, 0.1) is 24.3 Å². The number of carbonyl (C=O) groups is 2. The Bertz CT molecular complexity index is 935. The molecule has 7 heteroatoms. The Hall–Kier alpha value is -2.74. The Balaban J connectivity index is 1.69. The lowest BCUT2D eigenvalue weighted by atomic mass is 9.82. The Kier molecular flexibility index (Phi) is 5.13. The van der Waals surface area contributed by atoms with Crippen molar-refractivity contribution in [1.29, 1.82) is 0 Å². The van der Waals surface area contributed by atoms with Crippen LogP contribution in [0.4, 0.5) is 0 Å². The lowest BCUT2D eigenvalue weighted by Crippen LogP contribution is -2.38. The molecule has 0 unspecified atom stereocenters. The first-order chi connectivity index (χ1) is 13.6. The van der Waals surface area contributed by atoms with Crippen molar-refractivity contribution >= 4 is 11.6 Å². The summed E-state index contributed by atoms with van der Waals surface area (Å²) in [5, 5.41) is 10.6. The molecule has 7 nitrogen and oxygen atoms in total. The number of ether oxygens (including phenoxy) is 2. The van der Waals surface area contributed by atoms with Gasteiger partial charge in [-0.2, -0.15) is 0 Å². The third-order valence-corrected chi connectivity index (χ3v) is 5.20. The van der Waals surface area contributed by atoms with Crippen molar-refractivity contribution in [2.24, 2.45) is 5.73 Å². The zero-order valence-electron chi connectivity index (χ0n) is 15.4. The van der Waals surface area contributed by atoms with Crippen molar-refractivity contribution in [3.63, 3.8) is 0 Å². The van der Waals surface area contributed by atoms with E-state index < -0.39 is 5.78 Å². The van der Waals surface area contributed by atoms with Gasteiger partial charge in [0.15, 0.2) is 11.6 Å². The molecule has 1 aliphatic carbocycles. The summed E-state index contributed by atoms with van der Waals surface area (Å²) in [5.74, 6) is -0.679. The second kappa shape index (κ2) is 7.71. The number of phenols is 1. The fourth-order valence-corrected chi connectivity index (χ4v) is 3.67. The summed E-state index contributed by atoms with van der Waals surface area (Å²) in [6.45, 7) is 4.10. The molecule has 2 aromatic carbocycles. The molecule has 2 aromatic rings. The van der Waals surface area contributed by atoms with Crippen LogP contribution in [0, 0.1) is 0 Å². The van der Waals surface area contributed by atoms with Gasteiger partial charge in [0.25, 0.3) is 0 Å². The Morgan fingerprint density at radius 3 is 2.36 bits per heavy atom. The average Bonchev–Trinajstić information content (AvgIpc) is 2.73. The summed E-state index contributed by atoms with van der Waals surface area (Å²) >= 11 is 0. The van der Waals surface area contributed by atoms with Crippen molar-refractivity contribution in [3.05, 3.63) is 58.1 Å². The highest BCUT2D eigenvalue weighted by molar-refractivity contribution is 6.30. The number of fused-ring (bicyclic) bond motifs is 2. The van der Waals surface area contributed by atoms with Crippen molar-refractivity contribution in [3.8, 4) is 11.5 Å². The summed E-state index contributed by atoms with van der Waals surface area (Å²) in [6.07, 6.45) is 0. The van der Waals surface area contributed by atoms with E-state index in [4.69, 9.17) is 15.2 Å². The van der Waals surface area contributed by atoms with Crippen LogP contribution in [0.5, 0.6) is 11.5 Å². The lowest BCUT2D eigenvalue weighted by Gasteiger charge is -2.27. The van der Waals surface area contributed by atoms with Crippen LogP contribution < -0.4 is 10.5 Å². The maximum Gasteiger partial charge on any atom is 0.198 e. The van der Waals surface area contributed by atoms with E-state index in [0.717, 1.165) is 13.1 Å². The maximum absolute atomic E-state index is 13.1. The van der Waals surface area contributed by atoms with Crippen LogP contribution in [-0.2, 0) is 11.3 Å². The van der Waals surface area contributed by atoms with E-state index in [-0.39, 0.29) is 40.5 Å². The van der Waals surface area contributed by atoms with Crippen LogP contribution in [0.1, 0.15) is 37.4 Å². The van der Waals surface area contributed by atoms with Gasteiger partial charge in [0, 0.05) is 42.9 Å². The van der Waals surface area contributed by atoms with Crippen LogP contribution in [-0.4, -0.2) is 61.0 Å². The van der Waals surface area contributed by atoms with Crippen molar-refractivity contribution in [1.82, 2.24) is 4.90 Å². The molecule has 0 amide bonds. The number of aromatic hydroxyl groups is 1. The molecule has 2 aliphatic rings. The average molecular weight is 382 g/mol. The molecule has 4 rings (SSSR count). The van der Waals surface area contributed by atoms with Crippen LogP contribution in [0.3, 0.4) is 0 Å². The smallest absolute Gasteiger partial charge is 0.198 e. The summed E-state index contributed by atoms with van der Waals surface area (Å²) in [5.41, 5.74) is 6.80. The van der Waals surface area contributed by atoms with E-state index in [2.05, 4.69) is 4.90 Å². The number of phenolic OH excluding ortho intramolecular Hbond substituents is 1. The van der Waals surface area contributed by atoms with Gasteiger partial charge in [0.1, 0.15) is 18.1 Å². The van der Waals surface area contributed by atoms with Gasteiger partial charge in [-0.25, -0.2) is 0 Å². The van der Waals surface area contributed by atoms with Crippen molar-refractivity contribution in [2.45, 2.75) is 6.54 Å². The number of carbonyl (C=O) groups excluding carboxylic acids is 2. The Morgan fingerprint density at radius 1 is 1.07 bits per heavy atom. The molecule has 0 radical (unpaired) electrons. The van der Waals surface area contributed by atoms with E-state index in [9.17, 15) is 14.7 Å². The molecule has 0 saturated carbocycles. The number of rotatable bonds is 5. The molecule has 0 aromatic heterocycles. The van der Waals surface area contributed by atoms with E-state index in [0.29, 0.717) is 37.5 Å². The van der Waals surface area contributed by atoms with E-state index in [1.165, 1.54) is 0 Å². The van der Waals surface area contributed by atoms with Crippen molar-refractivity contribution < 1.29 is 24.2 Å². The SMILES string of the molecule is NCc1cc(OCCN2CCOCC2)c2c(c1O)C(=O)c1ccccc1C2=O. The van der Waals surface area contributed by atoms with Gasteiger partial charge in [-0.15, -0.1) is 0 Å². The fraction of sp³-hybridized carbons (Fsp3) is 0.333. The van der Waals surface area contributed by atoms with Gasteiger partial charge in [-0.05, 0) is 6.07 Å². The molecule has 1 saturated heterocycles.